The van der Waals surface area contributed by atoms with E-state index in [-0.39, 0.29) is 0 Å². The molecule has 0 heterocycles. The van der Waals surface area contributed by atoms with E-state index in [4.69, 9.17) is 12.2 Å². The van der Waals surface area contributed by atoms with Gasteiger partial charge in [-0.05, 0) is 41.7 Å². The van der Waals surface area contributed by atoms with Gasteiger partial charge >= 0.3 is 0 Å². The molecule has 0 saturated carbocycles. The van der Waals surface area contributed by atoms with Crippen LogP contribution in [0.3, 0.4) is 0 Å². The molecule has 1 amide bonds. The fraction of sp³-hybridized carbons (Fsp3) is 0.211. The molecule has 0 bridgehead atoms. The molecule has 0 aliphatic heterocycles. The summed E-state index contributed by atoms with van der Waals surface area (Å²) >= 11 is 0. The van der Waals surface area contributed by atoms with Gasteiger partial charge in [0, 0.05) is 5.56 Å². The third-order valence-corrected chi connectivity index (χ3v) is 3.47. The minimum atomic E-state index is -0.457. The molecule has 0 aromatic heterocycles. The van der Waals surface area contributed by atoms with Crippen molar-refractivity contribution in [1.82, 2.24) is 0 Å². The van der Waals surface area contributed by atoms with Crippen molar-refractivity contribution < 1.29 is 4.79 Å². The summed E-state index contributed by atoms with van der Waals surface area (Å²) in [6.45, 7) is 2.12. The summed E-state index contributed by atoms with van der Waals surface area (Å²) in [4.78, 5) is 11.1. The van der Waals surface area contributed by atoms with Crippen molar-refractivity contribution in [2.24, 2.45) is 5.73 Å². The van der Waals surface area contributed by atoms with Crippen LogP contribution in [0.15, 0.2) is 42.5 Å². The molecule has 0 spiro atoms. The van der Waals surface area contributed by atoms with E-state index < -0.39 is 5.91 Å². The van der Waals surface area contributed by atoms with Gasteiger partial charge in [-0.15, -0.1) is 6.42 Å². The van der Waals surface area contributed by atoms with Crippen molar-refractivity contribution in [3.8, 4) is 23.5 Å². The lowest BCUT2D eigenvalue weighted by Gasteiger charge is -2.07. The topological polar surface area (TPSA) is 43.1 Å². The van der Waals surface area contributed by atoms with Crippen LogP contribution in [0.2, 0.25) is 0 Å². The Bertz CT molecular complexity index is 678. The third-order valence-electron chi connectivity index (χ3n) is 3.47. The summed E-state index contributed by atoms with van der Waals surface area (Å²) in [7, 11) is 0. The minimum Gasteiger partial charge on any atom is -0.366 e. The number of aryl methyl sites for hydroxylation is 1. The van der Waals surface area contributed by atoms with E-state index in [1.165, 1.54) is 11.1 Å². The van der Waals surface area contributed by atoms with Crippen molar-refractivity contribution in [3.63, 3.8) is 0 Å². The zero-order valence-electron chi connectivity index (χ0n) is 12.2. The molecule has 0 radical (unpaired) electrons. The van der Waals surface area contributed by atoms with Crippen molar-refractivity contribution in [2.45, 2.75) is 26.2 Å². The number of primary amides is 1. The van der Waals surface area contributed by atoms with Crippen LogP contribution in [0.5, 0.6) is 0 Å². The fourth-order valence-corrected chi connectivity index (χ4v) is 2.23. The maximum Gasteiger partial charge on any atom is 0.249 e. The van der Waals surface area contributed by atoms with E-state index in [0.717, 1.165) is 24.8 Å². The number of unbranched alkanes of at least 4 members (excludes halogenated alkanes) is 1. The molecule has 2 heteroatoms. The lowest BCUT2D eigenvalue weighted by atomic mass is 9.97. The molecule has 0 saturated heterocycles. The van der Waals surface area contributed by atoms with E-state index in [2.05, 4.69) is 37.1 Å². The van der Waals surface area contributed by atoms with Gasteiger partial charge in [-0.3, -0.25) is 4.79 Å². The van der Waals surface area contributed by atoms with Crippen LogP contribution in [0.4, 0.5) is 0 Å². The second-order valence-electron chi connectivity index (χ2n) is 5.03. The van der Waals surface area contributed by atoms with E-state index in [1.807, 2.05) is 12.1 Å². The van der Waals surface area contributed by atoms with Crippen molar-refractivity contribution in [1.29, 1.82) is 0 Å². The Labute approximate surface area is 126 Å². The second kappa shape index (κ2) is 6.76. The summed E-state index contributed by atoms with van der Waals surface area (Å²) in [5, 5.41) is 0. The molecule has 1 aromatic carbocycles. The number of nitrogens with two attached hydrogens (primary N) is 1. The highest BCUT2D eigenvalue weighted by Crippen LogP contribution is 2.32. The van der Waals surface area contributed by atoms with Gasteiger partial charge < -0.3 is 5.73 Å². The average molecular weight is 277 g/mol. The first kappa shape index (κ1) is 14.9. The van der Waals surface area contributed by atoms with Gasteiger partial charge in [0.15, 0.2) is 0 Å². The van der Waals surface area contributed by atoms with Crippen LogP contribution in [0.25, 0.3) is 11.1 Å². The highest BCUT2D eigenvalue weighted by atomic mass is 16.1. The average Bonchev–Trinajstić information content (AvgIpc) is 3.10. The number of amides is 1. The highest BCUT2D eigenvalue weighted by Gasteiger charge is 2.09. The highest BCUT2D eigenvalue weighted by molar-refractivity contribution is 5.95. The Kier molecular flexibility index (Phi) is 4.79. The lowest BCUT2D eigenvalue weighted by molar-refractivity contribution is 0.1000. The number of fused-ring (bicyclic) bond motifs is 1. The van der Waals surface area contributed by atoms with E-state index in [9.17, 15) is 4.79 Å². The predicted molar refractivity (Wildman–Crippen MR) is 86.9 cm³/mol. The van der Waals surface area contributed by atoms with Crippen LogP contribution < -0.4 is 5.73 Å². The SMILES string of the molecule is C#Cc1c(CCCC)cccc1C(N)=O.c1cc2cc-2c1. The first-order valence-corrected chi connectivity index (χ1v) is 7.16. The third kappa shape index (κ3) is 3.73. The number of carbonyl (C=O) groups excluding carboxylic acids is 1. The summed E-state index contributed by atoms with van der Waals surface area (Å²) in [6, 6.07) is 13.9. The van der Waals surface area contributed by atoms with Gasteiger partial charge in [0.2, 0.25) is 5.91 Å². The van der Waals surface area contributed by atoms with Gasteiger partial charge in [-0.25, -0.2) is 0 Å². The molecule has 106 valence electrons. The number of hydrogen-bond acceptors (Lipinski definition) is 1. The molecule has 0 fully saturated rings. The summed E-state index contributed by atoms with van der Waals surface area (Å²) in [6.07, 6.45) is 8.47. The smallest absolute Gasteiger partial charge is 0.249 e. The summed E-state index contributed by atoms with van der Waals surface area (Å²) < 4.78 is 0. The zero-order chi connectivity index (χ0) is 15.2. The number of rotatable bonds is 4. The predicted octanol–water partition coefficient (Wildman–Crippen LogP) is 3.78. The van der Waals surface area contributed by atoms with Gasteiger partial charge in [-0.1, -0.05) is 49.6 Å². The Morgan fingerprint density at radius 1 is 1.19 bits per heavy atom. The maximum absolute atomic E-state index is 11.1. The molecule has 0 unspecified atom stereocenters. The Morgan fingerprint density at radius 3 is 2.29 bits per heavy atom. The van der Waals surface area contributed by atoms with Crippen LogP contribution in [0.1, 0.15) is 41.3 Å². The molecular weight excluding hydrogens is 258 g/mol. The first-order valence-electron chi connectivity index (χ1n) is 7.16. The van der Waals surface area contributed by atoms with E-state index in [1.54, 1.807) is 6.07 Å². The molecular formula is C19H19NO. The summed E-state index contributed by atoms with van der Waals surface area (Å²) in [5.41, 5.74) is 10.2. The number of hydrogen-bond donors (Lipinski definition) is 1. The number of terminal acetylenes is 1. The first-order chi connectivity index (χ1) is 10.2. The second-order valence-corrected chi connectivity index (χ2v) is 5.03. The van der Waals surface area contributed by atoms with Crippen molar-refractivity contribution >= 4 is 5.91 Å². The normalized spacial score (nSPS) is 10.1. The minimum absolute atomic E-state index is 0.450. The van der Waals surface area contributed by atoms with Gasteiger partial charge in [0.25, 0.3) is 0 Å². The van der Waals surface area contributed by atoms with Gasteiger partial charge in [0.05, 0.1) is 5.56 Å². The largest absolute Gasteiger partial charge is 0.366 e. The number of carbonyl (C=O) groups is 1. The Morgan fingerprint density at radius 2 is 1.86 bits per heavy atom. The lowest BCUT2D eigenvalue weighted by Crippen LogP contribution is -2.13. The van der Waals surface area contributed by atoms with Crippen LogP contribution >= 0.6 is 0 Å². The molecule has 2 aliphatic rings. The molecule has 0 atom stereocenters. The van der Waals surface area contributed by atoms with Crippen molar-refractivity contribution in [3.05, 3.63) is 59.2 Å². The van der Waals surface area contributed by atoms with E-state index in [0.29, 0.717) is 11.1 Å². The van der Waals surface area contributed by atoms with Gasteiger partial charge in [0.1, 0.15) is 0 Å². The summed E-state index contributed by atoms with van der Waals surface area (Å²) in [5.74, 6) is 2.10. The van der Waals surface area contributed by atoms with E-state index >= 15 is 0 Å². The fourth-order valence-electron chi connectivity index (χ4n) is 2.23. The standard InChI is InChI=1S/C13H15NO.C6H4/c1-3-5-7-10-8-6-9-12(13(14)15)11(10)4-2;1-2-5-4-6(5)3-1/h2,6,8-9H,3,5,7H2,1H3,(H2,14,15);1-4H. The number of benzene rings is 2. The molecule has 1 aromatic rings. The van der Waals surface area contributed by atoms with Crippen LogP contribution in [-0.4, -0.2) is 5.91 Å². The molecule has 2 N–H and O–H groups in total. The molecule has 2 nitrogen and oxygen atoms in total. The molecule has 21 heavy (non-hydrogen) atoms. The van der Waals surface area contributed by atoms with Crippen molar-refractivity contribution in [2.75, 3.05) is 0 Å². The molecule has 3 rings (SSSR count). The Balaban J connectivity index is 0.000000218. The molecule has 2 aliphatic carbocycles. The van der Waals surface area contributed by atoms with Crippen LogP contribution in [0, 0.1) is 12.3 Å². The zero-order valence-corrected chi connectivity index (χ0v) is 12.2. The van der Waals surface area contributed by atoms with Crippen LogP contribution in [-0.2, 0) is 6.42 Å². The Hall–Kier alpha value is -2.53. The monoisotopic (exact) mass is 277 g/mol. The quantitative estimate of drug-likeness (QED) is 0.725. The maximum atomic E-state index is 11.1. The van der Waals surface area contributed by atoms with Gasteiger partial charge in [-0.2, -0.15) is 0 Å².